The summed E-state index contributed by atoms with van der Waals surface area (Å²) < 4.78 is 5.95. The van der Waals surface area contributed by atoms with Crippen molar-refractivity contribution in [3.05, 3.63) is 52.5 Å². The molecule has 2 aromatic carbocycles. The van der Waals surface area contributed by atoms with E-state index in [0.717, 1.165) is 9.60 Å². The summed E-state index contributed by atoms with van der Waals surface area (Å²) in [6, 6.07) is 9.86. The van der Waals surface area contributed by atoms with Gasteiger partial charge in [-0.05, 0) is 18.2 Å². The number of carbonyl (C=O) groups is 3. The number of rotatable bonds is 4. The van der Waals surface area contributed by atoms with Crippen LogP contribution in [0.3, 0.4) is 0 Å². The third-order valence-corrected chi connectivity index (χ3v) is 5.32. The van der Waals surface area contributed by atoms with Crippen molar-refractivity contribution in [2.24, 2.45) is 0 Å². The fourth-order valence-electron chi connectivity index (χ4n) is 2.82. The van der Waals surface area contributed by atoms with E-state index in [-0.39, 0.29) is 6.54 Å². The van der Waals surface area contributed by atoms with E-state index in [1.165, 1.54) is 18.4 Å². The standard InChI is InChI=1S/C18H12ClN3O4S/c1-26-13-7-14-12(6-11(13)19)20-18(27-14)21-15(23)8-22-16(24)9-4-2-3-5-10(9)17(22)25/h2-7H,8H2,1H3,(H,20,21,23). The Balaban J connectivity index is 1.51. The molecule has 1 aliphatic heterocycles. The quantitative estimate of drug-likeness (QED) is 0.678. The first-order valence-electron chi connectivity index (χ1n) is 7.87. The normalized spacial score (nSPS) is 13.2. The highest BCUT2D eigenvalue weighted by Gasteiger charge is 2.36. The summed E-state index contributed by atoms with van der Waals surface area (Å²) in [4.78, 5) is 42.2. The van der Waals surface area contributed by atoms with Crippen LogP contribution in [0.1, 0.15) is 20.7 Å². The number of aromatic nitrogens is 1. The average molecular weight is 402 g/mol. The van der Waals surface area contributed by atoms with Gasteiger partial charge in [-0.2, -0.15) is 0 Å². The number of benzene rings is 2. The number of imide groups is 1. The van der Waals surface area contributed by atoms with Crippen molar-refractivity contribution >= 4 is 56.0 Å². The molecule has 27 heavy (non-hydrogen) atoms. The van der Waals surface area contributed by atoms with Gasteiger partial charge in [0.2, 0.25) is 5.91 Å². The topological polar surface area (TPSA) is 88.6 Å². The number of thiazole rings is 1. The van der Waals surface area contributed by atoms with E-state index in [4.69, 9.17) is 16.3 Å². The van der Waals surface area contributed by atoms with Crippen LogP contribution >= 0.6 is 22.9 Å². The van der Waals surface area contributed by atoms with E-state index in [1.807, 2.05) is 0 Å². The highest BCUT2D eigenvalue weighted by atomic mass is 35.5. The second-order valence-electron chi connectivity index (χ2n) is 5.76. The van der Waals surface area contributed by atoms with Crippen LogP contribution < -0.4 is 10.1 Å². The number of halogens is 1. The molecule has 9 heteroatoms. The fourth-order valence-corrected chi connectivity index (χ4v) is 3.95. The number of nitrogens with one attached hydrogen (secondary N) is 1. The van der Waals surface area contributed by atoms with Gasteiger partial charge in [-0.3, -0.25) is 19.3 Å². The number of anilines is 1. The van der Waals surface area contributed by atoms with Crippen molar-refractivity contribution in [3.63, 3.8) is 0 Å². The molecular weight excluding hydrogens is 390 g/mol. The lowest BCUT2D eigenvalue weighted by atomic mass is 10.1. The zero-order valence-electron chi connectivity index (χ0n) is 14.0. The Morgan fingerprint density at radius 2 is 1.89 bits per heavy atom. The van der Waals surface area contributed by atoms with Crippen LogP contribution in [-0.2, 0) is 4.79 Å². The van der Waals surface area contributed by atoms with Crippen LogP contribution in [0.4, 0.5) is 5.13 Å². The van der Waals surface area contributed by atoms with E-state index in [2.05, 4.69) is 10.3 Å². The minimum Gasteiger partial charge on any atom is -0.495 e. The van der Waals surface area contributed by atoms with Crippen molar-refractivity contribution < 1.29 is 19.1 Å². The molecule has 1 N–H and O–H groups in total. The van der Waals surface area contributed by atoms with E-state index >= 15 is 0 Å². The first-order valence-corrected chi connectivity index (χ1v) is 9.06. The fraction of sp³-hybridized carbons (Fsp3) is 0.111. The number of amides is 3. The monoisotopic (exact) mass is 401 g/mol. The van der Waals surface area contributed by atoms with E-state index < -0.39 is 17.7 Å². The molecule has 3 aromatic rings. The molecule has 1 aromatic heterocycles. The molecule has 0 saturated heterocycles. The van der Waals surface area contributed by atoms with Gasteiger partial charge in [0.15, 0.2) is 5.13 Å². The summed E-state index contributed by atoms with van der Waals surface area (Å²) in [6.45, 7) is -0.383. The van der Waals surface area contributed by atoms with E-state index in [1.54, 1.807) is 36.4 Å². The predicted molar refractivity (Wildman–Crippen MR) is 102 cm³/mol. The third-order valence-electron chi connectivity index (χ3n) is 4.09. The zero-order valence-corrected chi connectivity index (χ0v) is 15.6. The molecule has 0 fully saturated rings. The molecule has 0 bridgehead atoms. The van der Waals surface area contributed by atoms with Gasteiger partial charge in [0.25, 0.3) is 11.8 Å². The van der Waals surface area contributed by atoms with Crippen LogP contribution in [0.2, 0.25) is 5.02 Å². The Labute approximate surface area is 162 Å². The van der Waals surface area contributed by atoms with Crippen molar-refractivity contribution in [2.75, 3.05) is 19.0 Å². The summed E-state index contributed by atoms with van der Waals surface area (Å²) in [6.07, 6.45) is 0. The highest BCUT2D eigenvalue weighted by Crippen LogP contribution is 2.34. The van der Waals surface area contributed by atoms with Crippen LogP contribution in [-0.4, -0.2) is 41.3 Å². The van der Waals surface area contributed by atoms with Crippen LogP contribution in [0.25, 0.3) is 10.2 Å². The largest absolute Gasteiger partial charge is 0.495 e. The Morgan fingerprint density at radius 1 is 1.22 bits per heavy atom. The lowest BCUT2D eigenvalue weighted by Gasteiger charge is -2.12. The molecule has 2 heterocycles. The molecule has 7 nitrogen and oxygen atoms in total. The number of nitrogens with zero attached hydrogens (tertiary/aromatic N) is 2. The Hall–Kier alpha value is -2.97. The van der Waals surface area contributed by atoms with Gasteiger partial charge in [-0.25, -0.2) is 4.98 Å². The summed E-state index contributed by atoms with van der Waals surface area (Å²) in [5.74, 6) is -0.962. The number of hydrogen-bond donors (Lipinski definition) is 1. The Bertz CT molecular complexity index is 1080. The minimum absolute atomic E-state index is 0.303. The number of ether oxygens (including phenoxy) is 1. The smallest absolute Gasteiger partial charge is 0.262 e. The molecule has 3 amide bonds. The van der Waals surface area contributed by atoms with Crippen molar-refractivity contribution in [1.82, 2.24) is 9.88 Å². The van der Waals surface area contributed by atoms with Gasteiger partial charge in [-0.15, -0.1) is 0 Å². The van der Waals surface area contributed by atoms with Gasteiger partial charge in [-0.1, -0.05) is 35.1 Å². The summed E-state index contributed by atoms with van der Waals surface area (Å²) in [7, 11) is 1.51. The number of carbonyl (C=O) groups excluding carboxylic acids is 3. The maximum atomic E-state index is 12.3. The van der Waals surface area contributed by atoms with Gasteiger partial charge in [0.05, 0.1) is 33.5 Å². The third kappa shape index (κ3) is 3.02. The van der Waals surface area contributed by atoms with Crippen molar-refractivity contribution in [2.45, 2.75) is 0 Å². The average Bonchev–Trinajstić information content (AvgIpc) is 3.14. The molecule has 1 aliphatic rings. The molecule has 0 radical (unpaired) electrons. The molecular formula is C18H12ClN3O4S. The molecule has 4 rings (SSSR count). The molecule has 0 saturated carbocycles. The van der Waals surface area contributed by atoms with Crippen molar-refractivity contribution in [3.8, 4) is 5.75 Å². The SMILES string of the molecule is COc1cc2sc(NC(=O)CN3C(=O)c4ccccc4C3=O)nc2cc1Cl. The molecule has 136 valence electrons. The minimum atomic E-state index is -0.512. The highest BCUT2D eigenvalue weighted by molar-refractivity contribution is 7.22. The zero-order chi connectivity index (χ0) is 19.1. The van der Waals surface area contributed by atoms with Crippen molar-refractivity contribution in [1.29, 1.82) is 0 Å². The van der Waals surface area contributed by atoms with E-state index in [0.29, 0.717) is 32.5 Å². The summed E-state index contributed by atoms with van der Waals surface area (Å²) in [5.41, 5.74) is 1.22. The molecule has 0 unspecified atom stereocenters. The van der Waals surface area contributed by atoms with Crippen LogP contribution in [0.15, 0.2) is 36.4 Å². The molecule has 0 atom stereocenters. The second-order valence-corrected chi connectivity index (χ2v) is 7.20. The Morgan fingerprint density at radius 3 is 2.52 bits per heavy atom. The van der Waals surface area contributed by atoms with Gasteiger partial charge >= 0.3 is 0 Å². The maximum absolute atomic E-state index is 12.3. The predicted octanol–water partition coefficient (Wildman–Crippen LogP) is 3.19. The Kier molecular flexibility index (Phi) is 4.29. The summed E-state index contributed by atoms with van der Waals surface area (Å²) >= 11 is 7.32. The number of hydrogen-bond acceptors (Lipinski definition) is 6. The number of methoxy groups -OCH3 is 1. The second kappa shape index (κ2) is 6.64. The van der Waals surface area contributed by atoms with Crippen LogP contribution in [0, 0.1) is 0 Å². The molecule has 0 aliphatic carbocycles. The first kappa shape index (κ1) is 17.4. The van der Waals surface area contributed by atoms with Gasteiger partial charge in [0.1, 0.15) is 12.3 Å². The maximum Gasteiger partial charge on any atom is 0.262 e. The van der Waals surface area contributed by atoms with Gasteiger partial charge < -0.3 is 10.1 Å². The molecule has 0 spiro atoms. The lowest BCUT2D eigenvalue weighted by Crippen LogP contribution is -2.37. The van der Waals surface area contributed by atoms with Gasteiger partial charge in [0, 0.05) is 6.07 Å². The lowest BCUT2D eigenvalue weighted by molar-refractivity contribution is -0.116. The first-order chi connectivity index (χ1) is 13.0. The summed E-state index contributed by atoms with van der Waals surface area (Å²) in [5, 5.41) is 3.38. The van der Waals surface area contributed by atoms with E-state index in [9.17, 15) is 14.4 Å². The number of fused-ring (bicyclic) bond motifs is 2. The van der Waals surface area contributed by atoms with Crippen LogP contribution in [0.5, 0.6) is 5.75 Å².